The molecule has 0 aromatic carbocycles. The number of carboxylic acids is 1. The summed E-state index contributed by atoms with van der Waals surface area (Å²) in [6, 6.07) is 1.29. The standard InChI is InChI=1S/C14H20N2O4/c1-10-3-2-5-14(7-10,12(17)18)16-13(19)15-8-11-4-6-20-9-11/h4,6,9-10H,2-3,5,7-8H2,1H3,(H,17,18)(H2,15,16,19). The Morgan fingerprint density at radius 3 is 2.95 bits per heavy atom. The number of hydrogen-bond donors (Lipinski definition) is 3. The summed E-state index contributed by atoms with van der Waals surface area (Å²) in [5, 5.41) is 14.7. The Hall–Kier alpha value is -1.98. The summed E-state index contributed by atoms with van der Waals surface area (Å²) in [6.07, 6.45) is 5.84. The minimum atomic E-state index is -1.14. The van der Waals surface area contributed by atoms with Crippen LogP contribution in [0.3, 0.4) is 0 Å². The largest absolute Gasteiger partial charge is 0.480 e. The molecular weight excluding hydrogens is 260 g/mol. The van der Waals surface area contributed by atoms with Gasteiger partial charge >= 0.3 is 12.0 Å². The van der Waals surface area contributed by atoms with Gasteiger partial charge in [-0.25, -0.2) is 9.59 Å². The fourth-order valence-electron chi connectivity index (χ4n) is 2.75. The number of rotatable bonds is 4. The number of hydrogen-bond acceptors (Lipinski definition) is 3. The second kappa shape index (κ2) is 5.98. The predicted octanol–water partition coefficient (Wildman–Crippen LogP) is 2.11. The average Bonchev–Trinajstić information content (AvgIpc) is 2.89. The molecule has 2 rings (SSSR count). The Kier molecular flexibility index (Phi) is 4.32. The van der Waals surface area contributed by atoms with Crippen LogP contribution in [0.15, 0.2) is 23.0 Å². The Labute approximate surface area is 117 Å². The first kappa shape index (κ1) is 14.4. The second-order valence-corrected chi connectivity index (χ2v) is 5.53. The van der Waals surface area contributed by atoms with E-state index >= 15 is 0 Å². The van der Waals surface area contributed by atoms with Crippen molar-refractivity contribution >= 4 is 12.0 Å². The maximum atomic E-state index is 11.9. The highest BCUT2D eigenvalue weighted by atomic mass is 16.4. The molecule has 2 atom stereocenters. The van der Waals surface area contributed by atoms with Crippen LogP contribution >= 0.6 is 0 Å². The van der Waals surface area contributed by atoms with Gasteiger partial charge in [-0.05, 0) is 24.8 Å². The van der Waals surface area contributed by atoms with E-state index < -0.39 is 17.5 Å². The number of carbonyl (C=O) groups is 2. The van der Waals surface area contributed by atoms with Gasteiger partial charge in [0, 0.05) is 12.1 Å². The molecule has 1 aromatic heterocycles. The van der Waals surface area contributed by atoms with Crippen molar-refractivity contribution in [2.75, 3.05) is 0 Å². The average molecular weight is 280 g/mol. The van der Waals surface area contributed by atoms with Crippen molar-refractivity contribution in [1.29, 1.82) is 0 Å². The number of urea groups is 1. The highest BCUT2D eigenvalue weighted by molar-refractivity contribution is 5.86. The summed E-state index contributed by atoms with van der Waals surface area (Å²) in [7, 11) is 0. The van der Waals surface area contributed by atoms with Gasteiger partial charge in [0.2, 0.25) is 0 Å². The van der Waals surface area contributed by atoms with Crippen molar-refractivity contribution in [3.8, 4) is 0 Å². The number of carbonyl (C=O) groups excluding carboxylic acids is 1. The molecule has 1 heterocycles. The summed E-state index contributed by atoms with van der Waals surface area (Å²) in [4.78, 5) is 23.4. The van der Waals surface area contributed by atoms with Crippen molar-refractivity contribution < 1.29 is 19.1 Å². The molecule has 0 spiro atoms. The lowest BCUT2D eigenvalue weighted by molar-refractivity contribution is -0.146. The smallest absolute Gasteiger partial charge is 0.329 e. The van der Waals surface area contributed by atoms with E-state index in [2.05, 4.69) is 10.6 Å². The van der Waals surface area contributed by atoms with Gasteiger partial charge in [0.1, 0.15) is 5.54 Å². The SMILES string of the molecule is CC1CCCC(NC(=O)NCc2ccoc2)(C(=O)O)C1. The lowest BCUT2D eigenvalue weighted by Crippen LogP contribution is -2.58. The van der Waals surface area contributed by atoms with Crippen LogP contribution in [0, 0.1) is 5.92 Å². The molecule has 20 heavy (non-hydrogen) atoms. The van der Waals surface area contributed by atoms with Crippen LogP contribution in [-0.2, 0) is 11.3 Å². The minimum absolute atomic E-state index is 0.300. The molecule has 1 aliphatic carbocycles. The quantitative estimate of drug-likeness (QED) is 0.787. The zero-order valence-electron chi connectivity index (χ0n) is 11.5. The molecule has 1 saturated carbocycles. The number of aliphatic carboxylic acids is 1. The minimum Gasteiger partial charge on any atom is -0.480 e. The fourth-order valence-corrected chi connectivity index (χ4v) is 2.75. The Balaban J connectivity index is 1.94. The molecule has 0 radical (unpaired) electrons. The molecule has 0 saturated heterocycles. The summed E-state index contributed by atoms with van der Waals surface area (Å²) >= 11 is 0. The van der Waals surface area contributed by atoms with Gasteiger partial charge in [-0.1, -0.05) is 19.8 Å². The second-order valence-electron chi connectivity index (χ2n) is 5.53. The molecule has 110 valence electrons. The molecule has 6 heteroatoms. The van der Waals surface area contributed by atoms with Crippen molar-refractivity contribution in [2.45, 2.75) is 44.7 Å². The van der Waals surface area contributed by atoms with Gasteiger partial charge in [-0.2, -0.15) is 0 Å². The van der Waals surface area contributed by atoms with Crippen LogP contribution in [0.25, 0.3) is 0 Å². The molecule has 0 aliphatic heterocycles. The highest BCUT2D eigenvalue weighted by Gasteiger charge is 2.43. The molecule has 6 nitrogen and oxygen atoms in total. The van der Waals surface area contributed by atoms with Crippen LogP contribution in [0.5, 0.6) is 0 Å². The van der Waals surface area contributed by atoms with E-state index in [1.807, 2.05) is 6.92 Å². The molecule has 1 fully saturated rings. The Bertz CT molecular complexity index is 472. The molecule has 0 bridgehead atoms. The first-order valence-corrected chi connectivity index (χ1v) is 6.82. The monoisotopic (exact) mass is 280 g/mol. The number of nitrogens with one attached hydrogen (secondary N) is 2. The van der Waals surface area contributed by atoms with Crippen LogP contribution in [-0.4, -0.2) is 22.6 Å². The van der Waals surface area contributed by atoms with Gasteiger partial charge in [0.25, 0.3) is 0 Å². The van der Waals surface area contributed by atoms with E-state index in [1.165, 1.54) is 12.5 Å². The van der Waals surface area contributed by atoms with E-state index in [0.29, 0.717) is 25.3 Å². The number of furan rings is 1. The maximum Gasteiger partial charge on any atom is 0.329 e. The number of amides is 2. The molecule has 1 aromatic rings. The van der Waals surface area contributed by atoms with E-state index in [4.69, 9.17) is 4.42 Å². The number of carboxylic acid groups (broad SMARTS) is 1. The van der Waals surface area contributed by atoms with Crippen LogP contribution in [0.1, 0.15) is 38.2 Å². The molecule has 2 amide bonds. The lowest BCUT2D eigenvalue weighted by Gasteiger charge is -2.36. The molecule has 2 unspecified atom stereocenters. The topological polar surface area (TPSA) is 91.6 Å². The van der Waals surface area contributed by atoms with E-state index in [0.717, 1.165) is 18.4 Å². The molecule has 1 aliphatic rings. The van der Waals surface area contributed by atoms with E-state index in [9.17, 15) is 14.7 Å². The van der Waals surface area contributed by atoms with Crippen molar-refractivity contribution in [1.82, 2.24) is 10.6 Å². The van der Waals surface area contributed by atoms with Crippen molar-refractivity contribution in [2.24, 2.45) is 5.92 Å². The van der Waals surface area contributed by atoms with Gasteiger partial charge in [0.15, 0.2) is 0 Å². The van der Waals surface area contributed by atoms with Crippen molar-refractivity contribution in [3.63, 3.8) is 0 Å². The van der Waals surface area contributed by atoms with E-state index in [1.54, 1.807) is 6.07 Å². The third kappa shape index (κ3) is 3.31. The van der Waals surface area contributed by atoms with Gasteiger partial charge in [-0.15, -0.1) is 0 Å². The van der Waals surface area contributed by atoms with Crippen LogP contribution in [0.2, 0.25) is 0 Å². The van der Waals surface area contributed by atoms with Gasteiger partial charge in [-0.3, -0.25) is 0 Å². The normalized spacial score (nSPS) is 25.9. The Morgan fingerprint density at radius 1 is 1.55 bits per heavy atom. The third-order valence-corrected chi connectivity index (χ3v) is 3.79. The maximum absolute atomic E-state index is 11.9. The lowest BCUT2D eigenvalue weighted by atomic mass is 9.76. The summed E-state index contributed by atoms with van der Waals surface area (Å²) in [5.74, 6) is -0.656. The van der Waals surface area contributed by atoms with Crippen LogP contribution in [0.4, 0.5) is 4.79 Å². The Morgan fingerprint density at radius 2 is 2.35 bits per heavy atom. The summed E-state index contributed by atoms with van der Waals surface area (Å²) in [6.45, 7) is 2.33. The first-order chi connectivity index (χ1) is 9.52. The molecular formula is C14H20N2O4. The third-order valence-electron chi connectivity index (χ3n) is 3.79. The zero-order chi connectivity index (χ0) is 14.6. The van der Waals surface area contributed by atoms with Gasteiger partial charge < -0.3 is 20.2 Å². The first-order valence-electron chi connectivity index (χ1n) is 6.82. The summed E-state index contributed by atoms with van der Waals surface area (Å²) in [5.41, 5.74) is -0.306. The van der Waals surface area contributed by atoms with Gasteiger partial charge in [0.05, 0.1) is 12.5 Å². The summed E-state index contributed by atoms with van der Waals surface area (Å²) < 4.78 is 4.90. The predicted molar refractivity (Wildman–Crippen MR) is 72.1 cm³/mol. The fraction of sp³-hybridized carbons (Fsp3) is 0.571. The van der Waals surface area contributed by atoms with Crippen molar-refractivity contribution in [3.05, 3.63) is 24.2 Å². The van der Waals surface area contributed by atoms with Crippen LogP contribution < -0.4 is 10.6 Å². The zero-order valence-corrected chi connectivity index (χ0v) is 11.5. The molecule has 3 N–H and O–H groups in total. The van der Waals surface area contributed by atoms with E-state index in [-0.39, 0.29) is 0 Å². The highest BCUT2D eigenvalue weighted by Crippen LogP contribution is 2.32.